The average Bonchev–Trinajstić information content (AvgIpc) is 2.72. The number of hydrogen-bond donors (Lipinski definition) is 1. The normalized spacial score (nSPS) is 14.1. The van der Waals surface area contributed by atoms with E-state index in [0.717, 1.165) is 17.9 Å². The topological polar surface area (TPSA) is 42.0 Å². The number of hydrogen-bond acceptors (Lipinski definition) is 3. The van der Waals surface area contributed by atoms with E-state index in [4.69, 9.17) is 11.6 Å². The molecular formula is C24H32ClFN2O. The van der Waals surface area contributed by atoms with Crippen molar-refractivity contribution in [2.24, 2.45) is 5.92 Å². The Hall–Kier alpha value is -1.94. The van der Waals surface area contributed by atoms with E-state index in [1.54, 1.807) is 6.07 Å². The van der Waals surface area contributed by atoms with Crippen LogP contribution in [0.5, 0.6) is 0 Å². The Labute approximate surface area is 179 Å². The van der Waals surface area contributed by atoms with Gasteiger partial charge in [0, 0.05) is 5.56 Å². The second kappa shape index (κ2) is 11.9. The quantitative estimate of drug-likeness (QED) is 0.385. The number of carbonyl (C=O) groups excluding carboxylic acids is 1. The Kier molecular flexibility index (Phi) is 9.59. The van der Waals surface area contributed by atoms with Gasteiger partial charge < -0.3 is 5.32 Å². The van der Waals surface area contributed by atoms with Crippen LogP contribution in [-0.4, -0.2) is 10.8 Å². The summed E-state index contributed by atoms with van der Waals surface area (Å²) in [4.78, 5) is 15.5. The number of halogens is 2. The minimum Gasteiger partial charge on any atom is -0.351 e. The monoisotopic (exact) mass is 418 g/mol. The Morgan fingerprint density at radius 3 is 2.48 bits per heavy atom. The lowest BCUT2D eigenvalue weighted by Gasteiger charge is -2.20. The Morgan fingerprint density at radius 1 is 1.17 bits per heavy atom. The van der Waals surface area contributed by atoms with Crippen LogP contribution in [0, 0.1) is 11.7 Å². The average molecular weight is 419 g/mol. The van der Waals surface area contributed by atoms with Gasteiger partial charge in [-0.25, -0.2) is 9.37 Å². The number of nitrogens with one attached hydrogen (secondary N) is 1. The minimum absolute atomic E-state index is 0.164. The molecule has 29 heavy (non-hydrogen) atoms. The van der Waals surface area contributed by atoms with Crippen molar-refractivity contribution in [3.63, 3.8) is 0 Å². The maximum Gasteiger partial charge on any atom is 0.162 e. The molecule has 1 N–H and O–H groups in total. The molecule has 0 unspecified atom stereocenters. The molecular weight excluding hydrogens is 387 g/mol. The van der Waals surface area contributed by atoms with Crippen LogP contribution in [0.15, 0.2) is 30.5 Å². The van der Waals surface area contributed by atoms with Gasteiger partial charge in [-0.1, -0.05) is 76.5 Å². The number of aromatic nitrogens is 1. The van der Waals surface area contributed by atoms with Crippen molar-refractivity contribution in [1.82, 2.24) is 4.98 Å². The van der Waals surface area contributed by atoms with Gasteiger partial charge in [0.1, 0.15) is 11.0 Å². The number of benzene rings is 1. The van der Waals surface area contributed by atoms with Crippen LogP contribution in [0.2, 0.25) is 5.15 Å². The maximum absolute atomic E-state index is 13.9. The molecule has 3 rings (SSSR count). The summed E-state index contributed by atoms with van der Waals surface area (Å²) in [5.41, 5.74) is 2.02. The zero-order chi connectivity index (χ0) is 21.2. The van der Waals surface area contributed by atoms with E-state index in [1.807, 2.05) is 13.0 Å². The van der Waals surface area contributed by atoms with Crippen LogP contribution in [0.4, 0.5) is 15.8 Å². The van der Waals surface area contributed by atoms with Crippen molar-refractivity contribution in [3.05, 3.63) is 52.6 Å². The second-order valence-electron chi connectivity index (χ2n) is 7.69. The van der Waals surface area contributed by atoms with Gasteiger partial charge in [-0.2, -0.15) is 0 Å². The highest BCUT2D eigenvalue weighted by Gasteiger charge is 2.12. The fraction of sp³-hybridized carbons (Fsp3) is 0.500. The molecule has 2 aromatic rings. The van der Waals surface area contributed by atoms with Gasteiger partial charge in [0.05, 0.1) is 17.6 Å². The van der Waals surface area contributed by atoms with Crippen LogP contribution in [0.25, 0.3) is 0 Å². The summed E-state index contributed by atoms with van der Waals surface area (Å²) < 4.78 is 13.9. The Bertz CT molecular complexity index is 801. The molecule has 3 nitrogen and oxygen atoms in total. The zero-order valence-electron chi connectivity index (χ0n) is 17.7. The van der Waals surface area contributed by atoms with E-state index >= 15 is 0 Å². The van der Waals surface area contributed by atoms with Gasteiger partial charge in [0.2, 0.25) is 0 Å². The first kappa shape index (κ1) is 23.3. The molecule has 1 fully saturated rings. The van der Waals surface area contributed by atoms with Gasteiger partial charge in [0.25, 0.3) is 0 Å². The van der Waals surface area contributed by atoms with Crippen molar-refractivity contribution in [3.8, 4) is 0 Å². The number of carbonyl (C=O) groups is 1. The van der Waals surface area contributed by atoms with E-state index in [1.165, 1.54) is 70.2 Å². The third-order valence-electron chi connectivity index (χ3n) is 5.38. The predicted molar refractivity (Wildman–Crippen MR) is 120 cm³/mol. The SMILES string of the molecule is CCCC1CCCCC1.CCc1ccc(Nc2cnc(Cl)cc2C(C)=O)c(F)c1. The standard InChI is InChI=1S/C15H14ClFN2O.C9H18/c1-3-10-4-5-13(12(17)6-10)19-14-8-18-15(16)7-11(14)9(2)20;1-2-6-9-7-4-3-5-8-9/h4-8,19H,3H2,1-2H3;9H,2-8H2,1H3. The highest BCUT2D eigenvalue weighted by molar-refractivity contribution is 6.30. The minimum atomic E-state index is -0.367. The number of anilines is 2. The first-order valence-corrected chi connectivity index (χ1v) is 11.0. The molecule has 0 saturated heterocycles. The summed E-state index contributed by atoms with van der Waals surface area (Å²) in [7, 11) is 0. The summed E-state index contributed by atoms with van der Waals surface area (Å²) in [6.07, 6.45) is 12.6. The molecule has 0 spiro atoms. The number of rotatable bonds is 6. The first-order chi connectivity index (χ1) is 13.9. The van der Waals surface area contributed by atoms with Gasteiger partial charge in [0.15, 0.2) is 5.78 Å². The van der Waals surface area contributed by atoms with Gasteiger partial charge >= 0.3 is 0 Å². The highest BCUT2D eigenvalue weighted by Crippen LogP contribution is 2.27. The third-order valence-corrected chi connectivity index (χ3v) is 5.59. The number of pyridine rings is 1. The van der Waals surface area contributed by atoms with Crippen molar-refractivity contribution in [1.29, 1.82) is 0 Å². The molecule has 1 aliphatic carbocycles. The van der Waals surface area contributed by atoms with Gasteiger partial charge in [-0.05, 0) is 43.0 Å². The van der Waals surface area contributed by atoms with Crippen LogP contribution >= 0.6 is 11.6 Å². The predicted octanol–water partition coefficient (Wildman–Crippen LogP) is 7.75. The highest BCUT2D eigenvalue weighted by atomic mass is 35.5. The molecule has 0 amide bonds. The van der Waals surface area contributed by atoms with E-state index in [2.05, 4.69) is 17.2 Å². The van der Waals surface area contributed by atoms with Crippen LogP contribution in [-0.2, 0) is 6.42 Å². The van der Waals surface area contributed by atoms with Crippen molar-refractivity contribution in [2.45, 2.75) is 72.1 Å². The van der Waals surface area contributed by atoms with Crippen LogP contribution in [0.1, 0.15) is 81.6 Å². The summed E-state index contributed by atoms with van der Waals surface area (Å²) >= 11 is 5.77. The van der Waals surface area contributed by atoms with Gasteiger partial charge in [-0.15, -0.1) is 0 Å². The lowest BCUT2D eigenvalue weighted by atomic mass is 9.86. The molecule has 1 aromatic carbocycles. The summed E-state index contributed by atoms with van der Waals surface area (Å²) in [6, 6.07) is 6.42. The molecule has 1 aliphatic rings. The molecule has 0 atom stereocenters. The summed E-state index contributed by atoms with van der Waals surface area (Å²) in [5.74, 6) is 0.569. The van der Waals surface area contributed by atoms with E-state index in [9.17, 15) is 9.18 Å². The van der Waals surface area contributed by atoms with Crippen molar-refractivity contribution >= 4 is 28.8 Å². The second-order valence-corrected chi connectivity index (χ2v) is 8.08. The van der Waals surface area contributed by atoms with Gasteiger partial charge in [-0.3, -0.25) is 4.79 Å². The zero-order valence-corrected chi connectivity index (χ0v) is 18.5. The lowest BCUT2D eigenvalue weighted by Crippen LogP contribution is -2.04. The van der Waals surface area contributed by atoms with Crippen LogP contribution < -0.4 is 5.32 Å². The molecule has 1 aromatic heterocycles. The largest absolute Gasteiger partial charge is 0.351 e. The Balaban J connectivity index is 0.000000278. The first-order valence-electron chi connectivity index (χ1n) is 10.7. The number of aryl methyl sites for hydroxylation is 1. The summed E-state index contributed by atoms with van der Waals surface area (Å²) in [6.45, 7) is 5.68. The number of ketones is 1. The van der Waals surface area contributed by atoms with E-state index < -0.39 is 0 Å². The van der Waals surface area contributed by atoms with E-state index in [-0.39, 0.29) is 16.8 Å². The van der Waals surface area contributed by atoms with E-state index in [0.29, 0.717) is 16.9 Å². The van der Waals surface area contributed by atoms with Crippen molar-refractivity contribution < 1.29 is 9.18 Å². The molecule has 1 heterocycles. The maximum atomic E-state index is 13.9. The fourth-order valence-electron chi connectivity index (χ4n) is 3.73. The Morgan fingerprint density at radius 2 is 1.90 bits per heavy atom. The third kappa shape index (κ3) is 7.43. The molecule has 0 aliphatic heterocycles. The smallest absolute Gasteiger partial charge is 0.162 e. The molecule has 0 bridgehead atoms. The van der Waals surface area contributed by atoms with Crippen LogP contribution in [0.3, 0.4) is 0 Å². The molecule has 158 valence electrons. The lowest BCUT2D eigenvalue weighted by molar-refractivity contribution is 0.101. The molecule has 5 heteroatoms. The fourth-order valence-corrected chi connectivity index (χ4v) is 3.89. The van der Waals surface area contributed by atoms with Crippen molar-refractivity contribution in [2.75, 3.05) is 5.32 Å². The molecule has 0 radical (unpaired) electrons. The number of nitrogens with zero attached hydrogens (tertiary/aromatic N) is 1. The number of Topliss-reactive ketones (excluding diaryl/α,β-unsaturated/α-hetero) is 1. The summed E-state index contributed by atoms with van der Waals surface area (Å²) in [5, 5.41) is 3.11. The molecule has 1 saturated carbocycles.